The van der Waals surface area contributed by atoms with E-state index in [1.165, 1.54) is 54.4 Å². The van der Waals surface area contributed by atoms with E-state index in [1.54, 1.807) is 0 Å². The zero-order valence-electron chi connectivity index (χ0n) is 18.7. The van der Waals surface area contributed by atoms with Crippen molar-refractivity contribution in [1.29, 1.82) is 0 Å². The highest BCUT2D eigenvalue weighted by atomic mass is 14.1. The fourth-order valence-electron chi connectivity index (χ4n) is 3.61. The Balaban J connectivity index is 0.000000271. The average Bonchev–Trinajstić information content (AvgIpc) is 2.74. The Labute approximate surface area is 169 Å². The van der Waals surface area contributed by atoms with Crippen LogP contribution in [-0.4, -0.2) is 0 Å². The van der Waals surface area contributed by atoms with Crippen molar-refractivity contribution in [2.75, 3.05) is 0 Å². The van der Waals surface area contributed by atoms with E-state index >= 15 is 0 Å². The monoisotopic (exact) mass is 366 g/mol. The van der Waals surface area contributed by atoms with E-state index < -0.39 is 0 Å². The van der Waals surface area contributed by atoms with Crippen LogP contribution in [0.15, 0.2) is 48.5 Å². The minimum absolute atomic E-state index is 0.755. The molecule has 0 heterocycles. The van der Waals surface area contributed by atoms with Gasteiger partial charge in [0.05, 0.1) is 0 Å². The van der Waals surface area contributed by atoms with E-state index in [0.717, 1.165) is 24.7 Å². The van der Waals surface area contributed by atoms with Gasteiger partial charge in [-0.3, -0.25) is 0 Å². The molecule has 0 aliphatic heterocycles. The maximum atomic E-state index is 2.29. The van der Waals surface area contributed by atoms with Crippen LogP contribution in [0.3, 0.4) is 0 Å². The SMILES string of the molecule is CCc1ccc(C(CC)CC)cc1.CCc1ccc(CC(CC)CC)cc1. The van der Waals surface area contributed by atoms with Crippen molar-refractivity contribution in [3.63, 3.8) is 0 Å². The van der Waals surface area contributed by atoms with Crippen LogP contribution in [0.1, 0.15) is 95.4 Å². The van der Waals surface area contributed by atoms with Crippen LogP contribution in [-0.2, 0) is 19.3 Å². The third-order valence-corrected chi connectivity index (χ3v) is 5.96. The Kier molecular flexibility index (Phi) is 11.8. The van der Waals surface area contributed by atoms with E-state index in [2.05, 4.69) is 90.1 Å². The molecule has 0 heteroatoms. The van der Waals surface area contributed by atoms with E-state index in [9.17, 15) is 0 Å². The highest BCUT2D eigenvalue weighted by Gasteiger charge is 2.05. The molecule has 0 radical (unpaired) electrons. The average molecular weight is 367 g/mol. The van der Waals surface area contributed by atoms with Crippen LogP contribution < -0.4 is 0 Å². The second-order valence-corrected chi connectivity index (χ2v) is 7.67. The lowest BCUT2D eigenvalue weighted by Gasteiger charge is -2.12. The van der Waals surface area contributed by atoms with Crippen LogP contribution in [0, 0.1) is 5.92 Å². The van der Waals surface area contributed by atoms with Crippen molar-refractivity contribution in [3.8, 4) is 0 Å². The summed E-state index contributed by atoms with van der Waals surface area (Å²) in [5.74, 6) is 1.62. The zero-order chi connectivity index (χ0) is 20.1. The number of aryl methyl sites for hydroxylation is 2. The molecule has 0 N–H and O–H groups in total. The van der Waals surface area contributed by atoms with Gasteiger partial charge in [0.2, 0.25) is 0 Å². The highest BCUT2D eigenvalue weighted by molar-refractivity contribution is 5.25. The zero-order valence-corrected chi connectivity index (χ0v) is 18.7. The van der Waals surface area contributed by atoms with Gasteiger partial charge in [-0.25, -0.2) is 0 Å². The number of hydrogen-bond acceptors (Lipinski definition) is 0. The Bertz CT molecular complexity index is 583. The molecule has 0 unspecified atom stereocenters. The molecular formula is C27H42. The molecular weight excluding hydrogens is 324 g/mol. The van der Waals surface area contributed by atoms with Crippen molar-refractivity contribution in [2.45, 2.75) is 92.4 Å². The molecule has 0 aliphatic carbocycles. The van der Waals surface area contributed by atoms with E-state index in [-0.39, 0.29) is 0 Å². The van der Waals surface area contributed by atoms with Crippen LogP contribution >= 0.6 is 0 Å². The summed E-state index contributed by atoms with van der Waals surface area (Å²) in [6.07, 6.45) is 8.63. The third-order valence-electron chi connectivity index (χ3n) is 5.96. The first-order chi connectivity index (χ1) is 13.1. The molecule has 0 spiro atoms. The quantitative estimate of drug-likeness (QED) is 0.418. The van der Waals surface area contributed by atoms with Crippen molar-refractivity contribution >= 4 is 0 Å². The fraction of sp³-hybridized carbons (Fsp3) is 0.556. The molecule has 2 aromatic rings. The first-order valence-electron chi connectivity index (χ1n) is 11.3. The van der Waals surface area contributed by atoms with Gasteiger partial charge in [-0.05, 0) is 66.2 Å². The molecule has 2 aromatic carbocycles. The van der Waals surface area contributed by atoms with Crippen LogP contribution in [0.5, 0.6) is 0 Å². The molecule has 0 fully saturated rings. The minimum atomic E-state index is 0.755. The van der Waals surface area contributed by atoms with Crippen molar-refractivity contribution in [3.05, 3.63) is 70.8 Å². The smallest absolute Gasteiger partial charge is 0.0167 e. The minimum Gasteiger partial charge on any atom is -0.0651 e. The lowest BCUT2D eigenvalue weighted by Crippen LogP contribution is -2.01. The molecule has 0 saturated carbocycles. The molecule has 0 saturated heterocycles. The molecule has 27 heavy (non-hydrogen) atoms. The van der Waals surface area contributed by atoms with Crippen molar-refractivity contribution in [1.82, 2.24) is 0 Å². The molecule has 0 bridgehead atoms. The van der Waals surface area contributed by atoms with Crippen LogP contribution in [0.4, 0.5) is 0 Å². The largest absolute Gasteiger partial charge is 0.0651 e. The molecule has 0 atom stereocenters. The first kappa shape index (κ1) is 23.5. The van der Waals surface area contributed by atoms with Gasteiger partial charge in [-0.1, -0.05) is 103 Å². The van der Waals surface area contributed by atoms with Gasteiger partial charge >= 0.3 is 0 Å². The lowest BCUT2D eigenvalue weighted by molar-refractivity contribution is 0.490. The highest BCUT2D eigenvalue weighted by Crippen LogP contribution is 2.23. The summed E-state index contributed by atoms with van der Waals surface area (Å²) in [6, 6.07) is 18.2. The topological polar surface area (TPSA) is 0 Å². The molecule has 0 aromatic heterocycles. The van der Waals surface area contributed by atoms with E-state index in [0.29, 0.717) is 0 Å². The van der Waals surface area contributed by atoms with Crippen molar-refractivity contribution < 1.29 is 0 Å². The van der Waals surface area contributed by atoms with Gasteiger partial charge in [0.1, 0.15) is 0 Å². The summed E-state index contributed by atoms with van der Waals surface area (Å²) in [5.41, 5.74) is 5.88. The van der Waals surface area contributed by atoms with E-state index in [1.807, 2.05) is 0 Å². The Morgan fingerprint density at radius 3 is 1.30 bits per heavy atom. The second-order valence-electron chi connectivity index (χ2n) is 7.67. The molecule has 0 amide bonds. The second kappa shape index (κ2) is 13.6. The third kappa shape index (κ3) is 8.33. The maximum absolute atomic E-state index is 2.29. The van der Waals surface area contributed by atoms with Gasteiger partial charge in [0.15, 0.2) is 0 Å². The predicted octanol–water partition coefficient (Wildman–Crippen LogP) is 8.38. The van der Waals surface area contributed by atoms with Gasteiger partial charge in [0.25, 0.3) is 0 Å². The summed E-state index contributed by atoms with van der Waals surface area (Å²) in [7, 11) is 0. The van der Waals surface area contributed by atoms with E-state index in [4.69, 9.17) is 0 Å². The molecule has 150 valence electrons. The van der Waals surface area contributed by atoms with Gasteiger partial charge in [0, 0.05) is 0 Å². The maximum Gasteiger partial charge on any atom is -0.0167 e. The summed E-state index contributed by atoms with van der Waals surface area (Å²) in [4.78, 5) is 0. The molecule has 0 aliphatic rings. The van der Waals surface area contributed by atoms with Crippen LogP contribution in [0.2, 0.25) is 0 Å². The summed E-state index contributed by atoms with van der Waals surface area (Å²) < 4.78 is 0. The predicted molar refractivity (Wildman–Crippen MR) is 123 cm³/mol. The number of rotatable bonds is 9. The van der Waals surface area contributed by atoms with Crippen LogP contribution in [0.25, 0.3) is 0 Å². The molecule has 2 rings (SSSR count). The summed E-state index contributed by atoms with van der Waals surface area (Å²) >= 11 is 0. The first-order valence-corrected chi connectivity index (χ1v) is 11.3. The number of benzene rings is 2. The lowest BCUT2D eigenvalue weighted by atomic mass is 9.93. The summed E-state index contributed by atoms with van der Waals surface area (Å²) in [5, 5.41) is 0. The van der Waals surface area contributed by atoms with Gasteiger partial charge < -0.3 is 0 Å². The number of hydrogen-bond donors (Lipinski definition) is 0. The fourth-order valence-corrected chi connectivity index (χ4v) is 3.61. The Hall–Kier alpha value is -1.56. The molecule has 0 nitrogen and oxygen atoms in total. The Morgan fingerprint density at radius 1 is 0.519 bits per heavy atom. The normalized spacial score (nSPS) is 10.8. The van der Waals surface area contributed by atoms with Crippen molar-refractivity contribution in [2.24, 2.45) is 5.92 Å². The summed E-state index contributed by atoms with van der Waals surface area (Å²) in [6.45, 7) is 13.5. The van der Waals surface area contributed by atoms with Gasteiger partial charge in [-0.2, -0.15) is 0 Å². The Morgan fingerprint density at radius 2 is 0.926 bits per heavy atom. The van der Waals surface area contributed by atoms with Gasteiger partial charge in [-0.15, -0.1) is 0 Å². The standard InChI is InChI=1S/C14H22.C13H20/c1-4-12(5-2)11-14-9-7-13(6-3)8-10-14;1-4-11-7-9-13(10-8-11)12(5-2)6-3/h7-10,12H,4-6,11H2,1-3H3;7-10,12H,4-6H2,1-3H3.